The van der Waals surface area contributed by atoms with E-state index in [-0.39, 0.29) is 54.5 Å². The summed E-state index contributed by atoms with van der Waals surface area (Å²) in [6.07, 6.45) is 1.82. The van der Waals surface area contributed by atoms with Crippen LogP contribution in [0.3, 0.4) is 0 Å². The number of anilines is 1. The minimum atomic E-state index is -1.45. The number of imide groups is 1. The van der Waals surface area contributed by atoms with Gasteiger partial charge in [0.15, 0.2) is 28.8 Å². The van der Waals surface area contributed by atoms with Crippen molar-refractivity contribution in [3.05, 3.63) is 216 Å². The first kappa shape index (κ1) is 44.2. The number of fused-ring (bicyclic) bond motifs is 1. The summed E-state index contributed by atoms with van der Waals surface area (Å²) in [5.41, 5.74) is 0.945. The van der Waals surface area contributed by atoms with E-state index in [0.717, 1.165) is 21.6 Å². The summed E-state index contributed by atoms with van der Waals surface area (Å²) < 4.78 is 39.6. The minimum absolute atomic E-state index is 0.0234. The van der Waals surface area contributed by atoms with Crippen molar-refractivity contribution in [3.63, 3.8) is 0 Å². The fourth-order valence-electron chi connectivity index (χ4n) is 8.12. The second-order valence-electron chi connectivity index (χ2n) is 15.7. The summed E-state index contributed by atoms with van der Waals surface area (Å²) in [5.74, 6) is -0.481. The third kappa shape index (κ3) is 9.01. The maximum Gasteiger partial charge on any atom is 0.338 e. The Balaban J connectivity index is 1.12. The molecule has 9 rings (SSSR count). The van der Waals surface area contributed by atoms with E-state index in [2.05, 4.69) is 15.0 Å². The third-order valence-corrected chi connectivity index (χ3v) is 11.5. The molecule has 0 N–H and O–H groups in total. The van der Waals surface area contributed by atoms with Crippen molar-refractivity contribution < 1.29 is 42.8 Å². The van der Waals surface area contributed by atoms with Crippen molar-refractivity contribution in [3.8, 4) is 11.5 Å². The normalized spacial score (nSPS) is 15.9. The lowest BCUT2D eigenvalue weighted by molar-refractivity contribution is -0.259. The van der Waals surface area contributed by atoms with Crippen LogP contribution in [-0.4, -0.2) is 83.6 Å². The van der Waals surface area contributed by atoms with Crippen LogP contribution in [0.1, 0.15) is 54.0 Å². The van der Waals surface area contributed by atoms with E-state index in [4.69, 9.17) is 28.4 Å². The van der Waals surface area contributed by atoms with Crippen LogP contribution in [0.5, 0.6) is 11.5 Å². The van der Waals surface area contributed by atoms with E-state index < -0.39 is 35.2 Å². The largest absolute Gasteiger partial charge is 0.497 e. The number of imidazole rings is 1. The van der Waals surface area contributed by atoms with Gasteiger partial charge in [-0.1, -0.05) is 109 Å². The molecular weight excluding hydrogens is 851 g/mol. The number of carbonyl (C=O) groups is 3. The van der Waals surface area contributed by atoms with Crippen molar-refractivity contribution in [1.29, 1.82) is 0 Å². The zero-order chi connectivity index (χ0) is 46.2. The van der Waals surface area contributed by atoms with Crippen LogP contribution in [0.25, 0.3) is 11.2 Å². The fourth-order valence-corrected chi connectivity index (χ4v) is 8.12. The van der Waals surface area contributed by atoms with Gasteiger partial charge < -0.3 is 28.4 Å². The van der Waals surface area contributed by atoms with Crippen molar-refractivity contribution in [2.24, 2.45) is 0 Å². The molecule has 0 radical (unpaired) electrons. The van der Waals surface area contributed by atoms with E-state index in [1.165, 1.54) is 12.7 Å². The fraction of sp³-hybridized carbons (Fsp3) is 0.170. The lowest BCUT2D eigenvalue weighted by Crippen LogP contribution is -2.54. The van der Waals surface area contributed by atoms with Gasteiger partial charge in [-0.3, -0.25) is 14.2 Å². The number of methoxy groups -OCH3 is 2. The zero-order valence-corrected chi connectivity index (χ0v) is 36.6. The van der Waals surface area contributed by atoms with Gasteiger partial charge in [0, 0.05) is 11.1 Å². The molecule has 0 bridgehead atoms. The molecule has 336 valence electrons. The van der Waals surface area contributed by atoms with Crippen molar-refractivity contribution in [2.75, 3.05) is 45.5 Å². The second kappa shape index (κ2) is 19.6. The summed E-state index contributed by atoms with van der Waals surface area (Å²) in [7, 11) is 3.22. The molecule has 14 nitrogen and oxygen atoms in total. The van der Waals surface area contributed by atoms with Crippen LogP contribution in [0.4, 0.5) is 5.82 Å². The average Bonchev–Trinajstić information content (AvgIpc) is 3.85. The van der Waals surface area contributed by atoms with Gasteiger partial charge in [0.05, 0.1) is 45.9 Å². The monoisotopic (exact) mass is 895 g/mol. The third-order valence-electron chi connectivity index (χ3n) is 11.5. The Hall–Kier alpha value is -8.04. The molecule has 67 heavy (non-hydrogen) atoms. The molecule has 8 aromatic rings. The smallest absolute Gasteiger partial charge is 0.338 e. The Kier molecular flexibility index (Phi) is 12.9. The number of rotatable bonds is 15. The number of amides is 2. The molecule has 1 fully saturated rings. The molecule has 3 heterocycles. The molecule has 1 saturated heterocycles. The van der Waals surface area contributed by atoms with Crippen LogP contribution in [-0.2, 0) is 24.5 Å². The number of nitrogens with zero attached hydrogens (tertiary/aromatic N) is 5. The summed E-state index contributed by atoms with van der Waals surface area (Å²) in [5, 5.41) is 0. The Bertz CT molecular complexity index is 2860. The number of carbonyl (C=O) groups excluding carboxylic acids is 3. The molecule has 1 aliphatic heterocycles. The van der Waals surface area contributed by atoms with Crippen molar-refractivity contribution in [2.45, 2.75) is 17.4 Å². The first-order valence-corrected chi connectivity index (χ1v) is 21.5. The van der Waals surface area contributed by atoms with E-state index in [9.17, 15) is 14.4 Å². The molecule has 0 saturated carbocycles. The van der Waals surface area contributed by atoms with E-state index >= 15 is 0 Å². The lowest BCUT2D eigenvalue weighted by Gasteiger charge is -2.44. The summed E-state index contributed by atoms with van der Waals surface area (Å²) in [6.45, 7) is -0.476. The number of esters is 1. The highest BCUT2D eigenvalue weighted by molar-refractivity contribution is 6.27. The Morgan fingerprint density at radius 1 is 0.642 bits per heavy atom. The maximum atomic E-state index is 14.2. The van der Waals surface area contributed by atoms with Crippen LogP contribution >= 0.6 is 0 Å². The van der Waals surface area contributed by atoms with Gasteiger partial charge in [-0.15, -0.1) is 0 Å². The van der Waals surface area contributed by atoms with Crippen LogP contribution in [0, 0.1) is 0 Å². The summed E-state index contributed by atoms with van der Waals surface area (Å²) in [6, 6.07) is 50.7. The van der Waals surface area contributed by atoms with Crippen LogP contribution in [0.15, 0.2) is 183 Å². The highest BCUT2D eigenvalue weighted by Gasteiger charge is 2.46. The molecule has 14 heteroatoms. The van der Waals surface area contributed by atoms with Gasteiger partial charge in [0.1, 0.15) is 30.0 Å². The molecule has 1 aliphatic rings. The zero-order valence-electron chi connectivity index (χ0n) is 36.6. The Morgan fingerprint density at radius 3 is 1.69 bits per heavy atom. The number of hydrogen-bond acceptors (Lipinski definition) is 12. The van der Waals surface area contributed by atoms with Crippen LogP contribution in [0.2, 0.25) is 0 Å². The highest BCUT2D eigenvalue weighted by Crippen LogP contribution is 2.43. The maximum absolute atomic E-state index is 14.2. The minimum Gasteiger partial charge on any atom is -0.497 e. The number of hydrogen-bond donors (Lipinski definition) is 0. The Labute approximate surface area is 386 Å². The van der Waals surface area contributed by atoms with Crippen molar-refractivity contribution in [1.82, 2.24) is 19.5 Å². The first-order valence-electron chi connectivity index (χ1n) is 21.5. The van der Waals surface area contributed by atoms with Crippen LogP contribution < -0.4 is 14.4 Å². The van der Waals surface area contributed by atoms with E-state index in [1.54, 1.807) is 104 Å². The predicted molar refractivity (Wildman–Crippen MR) is 248 cm³/mol. The standard InChI is InChI=1S/C53H45N5O9/c1-62-43-27-23-41(24-28-43)53(40-21-13-6-14-22-40,42-25-29-44(63-2)30-26-42)66-34-52(33-65-51(61)39-19-11-5-12-20-39)32-64-31-45(67-52)57-36-56-46-47(57)54-35-55-48(46)58(49(59)37-15-7-3-8-16-37)50(60)38-17-9-4-10-18-38/h3-30,35-36,45H,31-34H2,1-2H3/t45-,52+/m1/s1. The Morgan fingerprint density at radius 2 is 1.15 bits per heavy atom. The topological polar surface area (TPSA) is 153 Å². The molecule has 0 unspecified atom stereocenters. The highest BCUT2D eigenvalue weighted by atomic mass is 16.6. The number of ether oxygens (including phenoxy) is 6. The van der Waals surface area contributed by atoms with Crippen molar-refractivity contribution >= 4 is 34.8 Å². The molecular formula is C53H45N5O9. The molecule has 2 atom stereocenters. The summed E-state index contributed by atoms with van der Waals surface area (Å²) >= 11 is 0. The second-order valence-corrected chi connectivity index (χ2v) is 15.7. The van der Waals surface area contributed by atoms with Gasteiger partial charge in [-0.05, 0) is 77.4 Å². The molecule has 0 aliphatic carbocycles. The van der Waals surface area contributed by atoms with Gasteiger partial charge in [0.25, 0.3) is 11.8 Å². The SMILES string of the molecule is COc1ccc(C(OC[C@@]2(COC(=O)c3ccccc3)COC[C@H](n3cnc4c(N(C(=O)c5ccccc5)C(=O)c5ccccc5)ncnc43)O2)(c2ccccc2)c2ccc(OC)cc2)cc1. The lowest BCUT2D eigenvalue weighted by atomic mass is 9.79. The average molecular weight is 896 g/mol. The van der Waals surface area contributed by atoms with E-state index in [1.807, 2.05) is 84.9 Å². The van der Waals surface area contributed by atoms with Gasteiger partial charge in [-0.25, -0.2) is 24.6 Å². The predicted octanol–water partition coefficient (Wildman–Crippen LogP) is 8.48. The molecule has 2 amide bonds. The molecule has 2 aromatic heterocycles. The number of benzene rings is 6. The van der Waals surface area contributed by atoms with Gasteiger partial charge >= 0.3 is 5.97 Å². The number of aromatic nitrogens is 4. The molecule has 6 aromatic carbocycles. The summed E-state index contributed by atoms with van der Waals surface area (Å²) in [4.78, 5) is 56.9. The van der Waals surface area contributed by atoms with Gasteiger partial charge in [0.2, 0.25) is 0 Å². The quantitative estimate of drug-likeness (QED) is 0.0551. The van der Waals surface area contributed by atoms with Gasteiger partial charge in [-0.2, -0.15) is 0 Å². The van der Waals surface area contributed by atoms with E-state index in [0.29, 0.717) is 17.1 Å². The molecule has 0 spiro atoms. The first-order chi connectivity index (χ1) is 32.8.